The first-order valence-electron chi connectivity index (χ1n) is 10.7. The number of halogens is 1. The van der Waals surface area contributed by atoms with E-state index in [9.17, 15) is 0 Å². The predicted octanol–water partition coefficient (Wildman–Crippen LogP) is 3.59. The molecule has 1 aliphatic carbocycles. The summed E-state index contributed by atoms with van der Waals surface area (Å²) < 4.78 is 17.2. The maximum Gasteiger partial charge on any atom is 0.191 e. The molecule has 1 aromatic carbocycles. The van der Waals surface area contributed by atoms with Crippen LogP contribution in [0, 0.1) is 11.8 Å². The first-order valence-corrected chi connectivity index (χ1v) is 10.7. The van der Waals surface area contributed by atoms with Crippen LogP contribution in [-0.2, 0) is 16.0 Å². The van der Waals surface area contributed by atoms with Gasteiger partial charge in [0.2, 0.25) is 0 Å². The summed E-state index contributed by atoms with van der Waals surface area (Å²) in [6.45, 7) is 5.76. The second-order valence-electron chi connectivity index (χ2n) is 7.70. The molecule has 1 heterocycles. The van der Waals surface area contributed by atoms with Crippen molar-refractivity contribution < 1.29 is 14.2 Å². The van der Waals surface area contributed by atoms with Gasteiger partial charge in [0.25, 0.3) is 0 Å². The highest BCUT2D eigenvalue weighted by Crippen LogP contribution is 2.30. The third-order valence-corrected chi connectivity index (χ3v) is 5.27. The Kier molecular flexibility index (Phi) is 11.7. The number of benzene rings is 1. The van der Waals surface area contributed by atoms with Crippen LogP contribution in [0.5, 0.6) is 5.75 Å². The molecule has 0 radical (unpaired) electrons. The molecule has 2 aliphatic rings. The monoisotopic (exact) mass is 517 g/mol. The lowest BCUT2D eigenvalue weighted by Crippen LogP contribution is -2.37. The summed E-state index contributed by atoms with van der Waals surface area (Å²) in [5.41, 5.74) is 1.16. The Balaban J connectivity index is 0.00000300. The van der Waals surface area contributed by atoms with Crippen molar-refractivity contribution >= 4 is 29.9 Å². The van der Waals surface area contributed by atoms with E-state index in [0.29, 0.717) is 12.5 Å². The Labute approximate surface area is 192 Å². The second-order valence-corrected chi connectivity index (χ2v) is 7.70. The Bertz CT molecular complexity index is 605. The molecule has 0 atom stereocenters. The number of hydrogen-bond donors (Lipinski definition) is 2. The van der Waals surface area contributed by atoms with Gasteiger partial charge in [-0.15, -0.1) is 24.0 Å². The van der Waals surface area contributed by atoms with Gasteiger partial charge in [-0.1, -0.05) is 18.2 Å². The van der Waals surface area contributed by atoms with Crippen LogP contribution >= 0.6 is 24.0 Å². The van der Waals surface area contributed by atoms with Crippen LogP contribution in [0.25, 0.3) is 0 Å². The highest BCUT2D eigenvalue weighted by Gasteiger charge is 2.22. The maximum atomic E-state index is 5.98. The molecule has 1 aromatic rings. The van der Waals surface area contributed by atoms with Crippen molar-refractivity contribution in [3.8, 4) is 5.75 Å². The van der Waals surface area contributed by atoms with E-state index in [2.05, 4.69) is 21.7 Å². The van der Waals surface area contributed by atoms with Gasteiger partial charge >= 0.3 is 0 Å². The molecule has 1 saturated carbocycles. The van der Waals surface area contributed by atoms with Crippen molar-refractivity contribution in [1.29, 1.82) is 0 Å². The number of para-hydroxylation sites is 1. The van der Waals surface area contributed by atoms with Crippen LogP contribution in [0.3, 0.4) is 0 Å². The van der Waals surface area contributed by atoms with E-state index in [4.69, 9.17) is 14.2 Å². The van der Waals surface area contributed by atoms with E-state index in [1.54, 1.807) is 7.05 Å². The predicted molar refractivity (Wildman–Crippen MR) is 127 cm³/mol. The molecular formula is C22H36IN3O3. The number of ether oxygens (including phenoxy) is 3. The lowest BCUT2D eigenvalue weighted by molar-refractivity contribution is 0.0203. The van der Waals surface area contributed by atoms with E-state index in [0.717, 1.165) is 82.0 Å². The number of rotatable bonds is 11. The van der Waals surface area contributed by atoms with Crippen molar-refractivity contribution in [3.63, 3.8) is 0 Å². The topological polar surface area (TPSA) is 64.1 Å². The average Bonchev–Trinajstić information content (AvgIpc) is 3.57. The van der Waals surface area contributed by atoms with Crippen LogP contribution in [-0.4, -0.2) is 52.6 Å². The third-order valence-electron chi connectivity index (χ3n) is 5.27. The van der Waals surface area contributed by atoms with Crippen LogP contribution < -0.4 is 15.4 Å². The molecule has 3 rings (SSSR count). The normalized spacial score (nSPS) is 17.5. The zero-order valence-electron chi connectivity index (χ0n) is 17.5. The first-order chi connectivity index (χ1) is 13.8. The summed E-state index contributed by atoms with van der Waals surface area (Å²) in [4.78, 5) is 4.31. The summed E-state index contributed by atoms with van der Waals surface area (Å²) in [5.74, 6) is 3.20. The molecular weight excluding hydrogens is 481 g/mol. The van der Waals surface area contributed by atoms with Crippen molar-refractivity contribution in [2.24, 2.45) is 16.8 Å². The van der Waals surface area contributed by atoms with Crippen LogP contribution in [0.2, 0.25) is 0 Å². The van der Waals surface area contributed by atoms with Crippen molar-refractivity contribution in [3.05, 3.63) is 29.8 Å². The Morgan fingerprint density at radius 2 is 1.83 bits per heavy atom. The van der Waals surface area contributed by atoms with Crippen molar-refractivity contribution in [2.45, 2.75) is 38.6 Å². The largest absolute Gasteiger partial charge is 0.493 e. The quantitative estimate of drug-likeness (QED) is 0.203. The number of guanidine groups is 1. The average molecular weight is 517 g/mol. The Morgan fingerprint density at radius 1 is 1.07 bits per heavy atom. The minimum atomic E-state index is 0. The van der Waals surface area contributed by atoms with E-state index in [1.807, 2.05) is 18.2 Å². The number of aliphatic imine (C=N–C) groups is 1. The summed E-state index contributed by atoms with van der Waals surface area (Å²) in [6, 6.07) is 8.23. The van der Waals surface area contributed by atoms with Crippen LogP contribution in [0.1, 0.15) is 37.7 Å². The molecule has 2 N–H and O–H groups in total. The molecule has 0 spiro atoms. The van der Waals surface area contributed by atoms with Gasteiger partial charge in [0.05, 0.1) is 6.61 Å². The SMILES string of the molecule is CN=C(NCCCOCC1CCOCC1)NCc1ccccc1OCC1CC1.I. The van der Waals surface area contributed by atoms with Crippen LogP contribution in [0.15, 0.2) is 29.3 Å². The Hall–Kier alpha value is -1.06. The summed E-state index contributed by atoms with van der Waals surface area (Å²) in [7, 11) is 1.80. The van der Waals surface area contributed by atoms with Gasteiger partial charge < -0.3 is 24.8 Å². The molecule has 2 fully saturated rings. The van der Waals surface area contributed by atoms with Crippen molar-refractivity contribution in [2.75, 3.05) is 46.6 Å². The van der Waals surface area contributed by atoms with Crippen molar-refractivity contribution in [1.82, 2.24) is 10.6 Å². The summed E-state index contributed by atoms with van der Waals surface area (Å²) in [6.07, 6.45) is 5.82. The molecule has 0 amide bonds. The maximum absolute atomic E-state index is 5.98. The number of nitrogens with zero attached hydrogens (tertiary/aromatic N) is 1. The van der Waals surface area contributed by atoms with E-state index >= 15 is 0 Å². The van der Waals surface area contributed by atoms with Gasteiger partial charge in [-0.2, -0.15) is 0 Å². The van der Waals surface area contributed by atoms with E-state index in [1.165, 1.54) is 12.8 Å². The molecule has 164 valence electrons. The van der Waals surface area contributed by atoms with Gasteiger partial charge in [0, 0.05) is 52.1 Å². The number of hydrogen-bond acceptors (Lipinski definition) is 4. The van der Waals surface area contributed by atoms with Gasteiger partial charge in [0.15, 0.2) is 5.96 Å². The van der Waals surface area contributed by atoms with E-state index < -0.39 is 0 Å². The molecule has 0 unspecified atom stereocenters. The second kappa shape index (κ2) is 14.0. The molecule has 0 bridgehead atoms. The smallest absolute Gasteiger partial charge is 0.191 e. The standard InChI is InChI=1S/C22H35N3O3.HI/c1-23-22(24-11-4-12-27-16-19-9-13-26-14-10-19)25-15-20-5-2-3-6-21(20)28-17-18-7-8-18;/h2-3,5-6,18-19H,4,7-17H2,1H3,(H2,23,24,25);1H. The fourth-order valence-electron chi connectivity index (χ4n) is 3.23. The third kappa shape index (κ3) is 9.53. The zero-order chi connectivity index (χ0) is 19.4. The molecule has 7 heteroatoms. The highest BCUT2D eigenvalue weighted by atomic mass is 127. The summed E-state index contributed by atoms with van der Waals surface area (Å²) in [5, 5.41) is 6.73. The fraction of sp³-hybridized carbons (Fsp3) is 0.682. The first kappa shape index (κ1) is 24.2. The van der Waals surface area contributed by atoms with Gasteiger partial charge in [-0.25, -0.2) is 0 Å². The van der Waals surface area contributed by atoms with E-state index in [-0.39, 0.29) is 24.0 Å². The molecule has 1 aliphatic heterocycles. The molecule has 1 saturated heterocycles. The minimum absolute atomic E-state index is 0. The van der Waals surface area contributed by atoms with Gasteiger partial charge in [-0.05, 0) is 50.0 Å². The fourth-order valence-corrected chi connectivity index (χ4v) is 3.23. The van der Waals surface area contributed by atoms with Crippen LogP contribution in [0.4, 0.5) is 0 Å². The zero-order valence-corrected chi connectivity index (χ0v) is 19.9. The van der Waals surface area contributed by atoms with Gasteiger partial charge in [0.1, 0.15) is 5.75 Å². The molecule has 0 aromatic heterocycles. The Morgan fingerprint density at radius 3 is 2.59 bits per heavy atom. The summed E-state index contributed by atoms with van der Waals surface area (Å²) >= 11 is 0. The minimum Gasteiger partial charge on any atom is -0.493 e. The molecule has 29 heavy (non-hydrogen) atoms. The lowest BCUT2D eigenvalue weighted by atomic mass is 10.0. The number of nitrogens with one attached hydrogen (secondary N) is 2. The molecule has 6 nitrogen and oxygen atoms in total. The lowest BCUT2D eigenvalue weighted by Gasteiger charge is -2.21. The highest BCUT2D eigenvalue weighted by molar-refractivity contribution is 14.0. The van der Waals surface area contributed by atoms with Gasteiger partial charge in [-0.3, -0.25) is 4.99 Å².